The third-order valence-corrected chi connectivity index (χ3v) is 4.52. The van der Waals surface area contributed by atoms with Gasteiger partial charge in [-0.25, -0.2) is 13.8 Å². The van der Waals surface area contributed by atoms with E-state index in [4.69, 9.17) is 0 Å². The molecule has 0 aromatic carbocycles. The van der Waals surface area contributed by atoms with E-state index in [9.17, 15) is 13.6 Å². The van der Waals surface area contributed by atoms with Gasteiger partial charge in [-0.1, -0.05) is 20.8 Å². The zero-order chi connectivity index (χ0) is 18.4. The maximum atomic E-state index is 13.0. The van der Waals surface area contributed by atoms with Crippen LogP contribution < -0.4 is 5.32 Å². The molecule has 2 aromatic heterocycles. The quantitative estimate of drug-likeness (QED) is 0.865. The van der Waals surface area contributed by atoms with Crippen LogP contribution >= 0.6 is 0 Å². The second-order valence-corrected chi connectivity index (χ2v) is 8.44. The first-order chi connectivity index (χ1) is 11.5. The Hall–Kier alpha value is -1.98. The molecule has 0 unspecified atom stereocenters. The van der Waals surface area contributed by atoms with E-state index in [1.165, 1.54) is 0 Å². The van der Waals surface area contributed by atoms with Crippen molar-refractivity contribution >= 4 is 22.8 Å². The topological polar surface area (TPSA) is 46.9 Å². The summed E-state index contributed by atoms with van der Waals surface area (Å²) in [6.07, 6.45) is 2.22. The van der Waals surface area contributed by atoms with Crippen molar-refractivity contribution in [2.75, 3.05) is 5.32 Å². The fourth-order valence-corrected chi connectivity index (χ4v) is 3.34. The fraction of sp³-hybridized carbons (Fsp3) is 0.579. The van der Waals surface area contributed by atoms with Gasteiger partial charge < -0.3 is 9.88 Å². The van der Waals surface area contributed by atoms with Gasteiger partial charge in [0.25, 0.3) is 0 Å². The lowest BCUT2D eigenvalue weighted by Gasteiger charge is -2.35. The molecule has 0 atom stereocenters. The first-order valence-corrected chi connectivity index (χ1v) is 8.67. The summed E-state index contributed by atoms with van der Waals surface area (Å²) in [6.45, 7) is 8.52. The monoisotopic (exact) mass is 349 g/mol. The van der Waals surface area contributed by atoms with Crippen molar-refractivity contribution < 1.29 is 13.6 Å². The second kappa shape index (κ2) is 6.07. The highest BCUT2D eigenvalue weighted by Crippen LogP contribution is 2.43. The maximum Gasteiger partial charge on any atom is 0.248 e. The van der Waals surface area contributed by atoms with E-state index < -0.39 is 5.92 Å². The van der Waals surface area contributed by atoms with Crippen LogP contribution in [-0.4, -0.2) is 21.4 Å². The van der Waals surface area contributed by atoms with E-state index in [1.54, 1.807) is 0 Å². The number of amides is 1. The minimum absolute atomic E-state index is 0.0112. The van der Waals surface area contributed by atoms with Gasteiger partial charge in [-0.2, -0.15) is 0 Å². The smallest absolute Gasteiger partial charge is 0.248 e. The molecular formula is C19H25F2N3O. The zero-order valence-electron chi connectivity index (χ0n) is 15.2. The molecule has 1 N–H and O–H groups in total. The molecule has 136 valence electrons. The molecule has 0 spiro atoms. The van der Waals surface area contributed by atoms with Crippen LogP contribution in [0.1, 0.15) is 45.6 Å². The van der Waals surface area contributed by atoms with E-state index in [0.29, 0.717) is 18.8 Å². The first kappa shape index (κ1) is 17.8. The average molecular weight is 349 g/mol. The fourth-order valence-electron chi connectivity index (χ4n) is 3.34. The average Bonchev–Trinajstić information content (AvgIpc) is 2.77. The van der Waals surface area contributed by atoms with Gasteiger partial charge in [0.2, 0.25) is 11.8 Å². The number of aryl methyl sites for hydroxylation is 1. The lowest BCUT2D eigenvalue weighted by Crippen LogP contribution is -2.37. The molecule has 1 fully saturated rings. The Bertz CT molecular complexity index is 797. The number of pyridine rings is 1. The van der Waals surface area contributed by atoms with Crippen LogP contribution in [0, 0.1) is 18.3 Å². The van der Waals surface area contributed by atoms with Crippen molar-refractivity contribution in [3.05, 3.63) is 23.9 Å². The Morgan fingerprint density at radius 1 is 1.40 bits per heavy atom. The van der Waals surface area contributed by atoms with E-state index in [2.05, 4.69) is 10.3 Å². The van der Waals surface area contributed by atoms with Crippen LogP contribution in [0.2, 0.25) is 0 Å². The second-order valence-electron chi connectivity index (χ2n) is 8.44. The van der Waals surface area contributed by atoms with Gasteiger partial charge in [0.1, 0.15) is 5.82 Å². The van der Waals surface area contributed by atoms with Gasteiger partial charge in [-0.3, -0.25) is 4.79 Å². The van der Waals surface area contributed by atoms with Crippen molar-refractivity contribution in [2.45, 2.75) is 59.4 Å². The van der Waals surface area contributed by atoms with Gasteiger partial charge in [0.05, 0.1) is 11.0 Å². The third-order valence-electron chi connectivity index (χ3n) is 4.52. The Balaban J connectivity index is 1.76. The molecule has 25 heavy (non-hydrogen) atoms. The van der Waals surface area contributed by atoms with Crippen molar-refractivity contribution in [3.63, 3.8) is 0 Å². The van der Waals surface area contributed by atoms with Gasteiger partial charge in [0, 0.05) is 32.0 Å². The standard InChI is InChI=1S/C19H25F2N3O/c1-12-7-15-14(22-17(12)23-16(25)10-18(2,3)4)5-6-24(15)11-13-8-19(20,21)9-13/h5-7,13H,8-11H2,1-4H3,(H,22,23,25). The Kier molecular flexibility index (Phi) is 4.33. The minimum atomic E-state index is -2.49. The number of hydrogen-bond donors (Lipinski definition) is 1. The Morgan fingerprint density at radius 2 is 2.08 bits per heavy atom. The molecule has 1 aliphatic carbocycles. The van der Waals surface area contributed by atoms with Gasteiger partial charge in [0.15, 0.2) is 0 Å². The van der Waals surface area contributed by atoms with Crippen molar-refractivity contribution in [1.82, 2.24) is 9.55 Å². The maximum absolute atomic E-state index is 13.0. The van der Waals surface area contributed by atoms with Crippen molar-refractivity contribution in [2.24, 2.45) is 11.3 Å². The lowest BCUT2D eigenvalue weighted by atomic mass is 9.81. The largest absolute Gasteiger partial charge is 0.346 e. The molecule has 2 aromatic rings. The molecule has 4 nitrogen and oxygen atoms in total. The van der Waals surface area contributed by atoms with Gasteiger partial charge >= 0.3 is 0 Å². The number of nitrogens with one attached hydrogen (secondary N) is 1. The first-order valence-electron chi connectivity index (χ1n) is 8.67. The predicted octanol–water partition coefficient (Wildman–Crippen LogP) is 4.76. The lowest BCUT2D eigenvalue weighted by molar-refractivity contribution is -0.117. The Labute approximate surface area is 146 Å². The molecule has 2 heterocycles. The third kappa shape index (κ3) is 4.17. The van der Waals surface area contributed by atoms with E-state index in [0.717, 1.165) is 16.6 Å². The zero-order valence-corrected chi connectivity index (χ0v) is 15.2. The highest BCUT2D eigenvalue weighted by atomic mass is 19.3. The summed E-state index contributed by atoms with van der Waals surface area (Å²) in [4.78, 5) is 16.7. The molecule has 6 heteroatoms. The molecule has 0 aliphatic heterocycles. The number of carbonyl (C=O) groups is 1. The number of aromatic nitrogens is 2. The summed E-state index contributed by atoms with van der Waals surface area (Å²) in [5.41, 5.74) is 2.47. The number of anilines is 1. The van der Waals surface area contributed by atoms with Crippen LogP contribution in [0.5, 0.6) is 0 Å². The number of fused-ring (bicyclic) bond motifs is 1. The van der Waals surface area contributed by atoms with E-state index >= 15 is 0 Å². The van der Waals surface area contributed by atoms with E-state index in [-0.39, 0.29) is 30.1 Å². The highest BCUT2D eigenvalue weighted by molar-refractivity contribution is 5.92. The number of alkyl halides is 2. The van der Waals surface area contributed by atoms with Crippen molar-refractivity contribution in [3.8, 4) is 0 Å². The van der Waals surface area contributed by atoms with Gasteiger partial charge in [-0.05, 0) is 36.0 Å². The van der Waals surface area contributed by atoms with Crippen LogP contribution in [0.15, 0.2) is 18.3 Å². The summed E-state index contributed by atoms with van der Waals surface area (Å²) in [6, 6.07) is 3.83. The number of carbonyl (C=O) groups excluding carboxylic acids is 1. The molecule has 0 radical (unpaired) electrons. The molecule has 1 amide bonds. The molecular weight excluding hydrogens is 324 g/mol. The summed E-state index contributed by atoms with van der Waals surface area (Å²) < 4.78 is 28.0. The summed E-state index contributed by atoms with van der Waals surface area (Å²) in [5.74, 6) is -1.97. The van der Waals surface area contributed by atoms with Crippen molar-refractivity contribution in [1.29, 1.82) is 0 Å². The molecule has 3 rings (SSSR count). The SMILES string of the molecule is Cc1cc2c(ccn2CC2CC(F)(F)C2)nc1NC(=O)CC(C)(C)C. The minimum Gasteiger partial charge on any atom is -0.346 e. The summed E-state index contributed by atoms with van der Waals surface area (Å²) in [7, 11) is 0. The van der Waals surface area contributed by atoms with E-state index in [1.807, 2.05) is 50.6 Å². The van der Waals surface area contributed by atoms with Crippen LogP contribution in [-0.2, 0) is 11.3 Å². The van der Waals surface area contributed by atoms with Crippen LogP contribution in [0.3, 0.4) is 0 Å². The molecule has 0 bridgehead atoms. The predicted molar refractivity (Wildman–Crippen MR) is 94.8 cm³/mol. The van der Waals surface area contributed by atoms with Crippen LogP contribution in [0.25, 0.3) is 11.0 Å². The summed E-state index contributed by atoms with van der Waals surface area (Å²) in [5, 5.41) is 2.88. The summed E-state index contributed by atoms with van der Waals surface area (Å²) >= 11 is 0. The number of hydrogen-bond acceptors (Lipinski definition) is 2. The van der Waals surface area contributed by atoms with Gasteiger partial charge in [-0.15, -0.1) is 0 Å². The van der Waals surface area contributed by atoms with Crippen LogP contribution in [0.4, 0.5) is 14.6 Å². The normalized spacial score (nSPS) is 17.5. The Morgan fingerprint density at radius 3 is 2.68 bits per heavy atom. The molecule has 1 aliphatic rings. The molecule has 1 saturated carbocycles. The number of nitrogens with zero attached hydrogens (tertiary/aromatic N) is 2. The molecule has 0 saturated heterocycles. The highest BCUT2D eigenvalue weighted by Gasteiger charge is 2.45. The number of halogens is 2. The number of rotatable bonds is 4.